The highest BCUT2D eigenvalue weighted by atomic mass is 19.1. The number of benzene rings is 2. The van der Waals surface area contributed by atoms with Crippen molar-refractivity contribution in [2.24, 2.45) is 0 Å². The van der Waals surface area contributed by atoms with E-state index in [1.54, 1.807) is 6.33 Å². The number of anilines is 1. The Morgan fingerprint density at radius 3 is 2.19 bits per heavy atom. The minimum atomic E-state index is -0.289. The molecule has 0 radical (unpaired) electrons. The van der Waals surface area contributed by atoms with Crippen LogP contribution in [0.2, 0.25) is 0 Å². The van der Waals surface area contributed by atoms with Crippen LogP contribution in [0.4, 0.5) is 14.6 Å². The van der Waals surface area contributed by atoms with Gasteiger partial charge in [-0.05, 0) is 62.3 Å². The SMILES string of the molecule is [2H]c1nc2c(N3C[C@@H](CC)N(C(c4ccc(F)cc4)c4ccc(F)cc4)C[C@@H]3CC)nc3nncn3c2n1CCN(C)C. The predicted molar refractivity (Wildman–Crippen MR) is 159 cm³/mol. The van der Waals surface area contributed by atoms with Crippen LogP contribution in [0.1, 0.15) is 45.2 Å². The van der Waals surface area contributed by atoms with Gasteiger partial charge < -0.3 is 14.4 Å². The third-order valence-corrected chi connectivity index (χ3v) is 8.35. The van der Waals surface area contributed by atoms with Crippen LogP contribution in [0.15, 0.2) is 61.2 Å². The van der Waals surface area contributed by atoms with Gasteiger partial charge in [0.05, 0.1) is 12.3 Å². The number of hydrogen-bond acceptors (Lipinski definition) is 7. The topological polar surface area (TPSA) is 70.6 Å². The first-order chi connectivity index (χ1) is 20.8. The minimum Gasteiger partial charge on any atom is -0.349 e. The smallest absolute Gasteiger partial charge is 0.258 e. The lowest BCUT2D eigenvalue weighted by Crippen LogP contribution is -2.59. The highest BCUT2D eigenvalue weighted by molar-refractivity contribution is 5.86. The molecule has 42 heavy (non-hydrogen) atoms. The van der Waals surface area contributed by atoms with Gasteiger partial charge in [0.15, 0.2) is 11.5 Å². The first kappa shape index (κ1) is 26.9. The fourth-order valence-electron chi connectivity index (χ4n) is 6.11. The van der Waals surface area contributed by atoms with E-state index in [4.69, 9.17) is 11.3 Å². The van der Waals surface area contributed by atoms with Gasteiger partial charge in [-0.2, -0.15) is 4.98 Å². The molecule has 5 aromatic rings. The van der Waals surface area contributed by atoms with E-state index in [-0.39, 0.29) is 36.1 Å². The van der Waals surface area contributed by atoms with Crippen molar-refractivity contribution in [3.63, 3.8) is 0 Å². The molecule has 2 aromatic carbocycles. The van der Waals surface area contributed by atoms with E-state index in [0.29, 0.717) is 36.7 Å². The van der Waals surface area contributed by atoms with Gasteiger partial charge in [-0.15, -0.1) is 10.2 Å². The van der Waals surface area contributed by atoms with Crippen LogP contribution in [-0.4, -0.2) is 84.7 Å². The molecule has 0 aliphatic carbocycles. The summed E-state index contributed by atoms with van der Waals surface area (Å²) in [5.41, 5.74) is 3.33. The Morgan fingerprint density at radius 2 is 1.60 bits per heavy atom. The van der Waals surface area contributed by atoms with Crippen LogP contribution in [0.25, 0.3) is 16.9 Å². The number of aromatic nitrogens is 6. The Hall–Kier alpha value is -3.96. The Balaban J connectivity index is 1.43. The van der Waals surface area contributed by atoms with E-state index in [1.165, 1.54) is 24.3 Å². The summed E-state index contributed by atoms with van der Waals surface area (Å²) in [6, 6.07) is 13.2. The number of piperazine rings is 1. The van der Waals surface area contributed by atoms with Gasteiger partial charge >= 0.3 is 0 Å². The molecule has 2 atom stereocenters. The third kappa shape index (κ3) is 5.22. The van der Waals surface area contributed by atoms with Gasteiger partial charge in [0.2, 0.25) is 0 Å². The zero-order valence-electron chi connectivity index (χ0n) is 25.5. The quantitative estimate of drug-likeness (QED) is 0.251. The van der Waals surface area contributed by atoms with Crippen molar-refractivity contribution >= 4 is 22.8 Å². The largest absolute Gasteiger partial charge is 0.349 e. The lowest BCUT2D eigenvalue weighted by atomic mass is 9.91. The van der Waals surface area contributed by atoms with Crippen molar-refractivity contribution in [1.29, 1.82) is 0 Å². The van der Waals surface area contributed by atoms with Crippen LogP contribution in [0.3, 0.4) is 0 Å². The minimum absolute atomic E-state index is 0.0633. The van der Waals surface area contributed by atoms with E-state index >= 15 is 0 Å². The van der Waals surface area contributed by atoms with Crippen LogP contribution in [0.5, 0.6) is 0 Å². The van der Waals surface area contributed by atoms with Gasteiger partial charge in [-0.1, -0.05) is 38.1 Å². The Labute approximate surface area is 245 Å². The second kappa shape index (κ2) is 11.7. The number of halogens is 2. The standard InChI is InChI=1S/C31H37F2N9/c1-5-25-18-41(29-27-30(42-20-35-37-31(42)36-29)39(19-34-27)16-15-38(3)4)26(6-2)17-40(25)28(21-7-11-23(32)12-8-21)22-9-13-24(33)14-10-22/h7-14,19-20,25-26,28H,5-6,15-18H2,1-4H3/t25-,26+/m1/s1/i19D. The molecule has 3 aromatic heterocycles. The number of imidazole rings is 1. The van der Waals surface area contributed by atoms with E-state index in [2.05, 4.69) is 38.7 Å². The summed E-state index contributed by atoms with van der Waals surface area (Å²) in [5.74, 6) is 0.595. The summed E-state index contributed by atoms with van der Waals surface area (Å²) in [6.45, 7) is 7.03. The Bertz CT molecular complexity index is 1660. The lowest BCUT2D eigenvalue weighted by molar-refractivity contribution is 0.110. The van der Waals surface area contributed by atoms with Gasteiger partial charge in [-0.3, -0.25) is 4.90 Å². The fourth-order valence-corrected chi connectivity index (χ4v) is 6.11. The van der Waals surface area contributed by atoms with Gasteiger partial charge in [0.1, 0.15) is 24.8 Å². The molecule has 1 aliphatic rings. The number of nitrogens with zero attached hydrogens (tertiary/aromatic N) is 9. The van der Waals surface area contributed by atoms with Crippen LogP contribution < -0.4 is 4.90 Å². The zero-order chi connectivity index (χ0) is 30.2. The second-order valence-corrected chi connectivity index (χ2v) is 11.3. The van der Waals surface area contributed by atoms with Gasteiger partial charge in [0, 0.05) is 38.3 Å². The zero-order valence-corrected chi connectivity index (χ0v) is 24.5. The highest BCUT2D eigenvalue weighted by Gasteiger charge is 2.39. The molecule has 0 amide bonds. The second-order valence-electron chi connectivity index (χ2n) is 11.3. The van der Waals surface area contributed by atoms with E-state index in [9.17, 15) is 8.78 Å². The molecule has 1 fully saturated rings. The van der Waals surface area contributed by atoms with Crippen LogP contribution >= 0.6 is 0 Å². The Morgan fingerprint density at radius 1 is 0.952 bits per heavy atom. The Kier molecular flexibility index (Phi) is 7.52. The molecule has 4 heterocycles. The van der Waals surface area contributed by atoms with Crippen LogP contribution in [-0.2, 0) is 6.54 Å². The van der Waals surface area contributed by atoms with Crippen molar-refractivity contribution in [3.8, 4) is 0 Å². The normalized spacial score (nSPS) is 18.6. The summed E-state index contributed by atoms with van der Waals surface area (Å²) in [6.07, 6.45) is 3.49. The van der Waals surface area contributed by atoms with E-state index < -0.39 is 0 Å². The van der Waals surface area contributed by atoms with E-state index in [0.717, 1.165) is 36.2 Å². The van der Waals surface area contributed by atoms with Crippen molar-refractivity contribution in [2.75, 3.05) is 38.6 Å². The molecule has 1 saturated heterocycles. The molecule has 9 nitrogen and oxygen atoms in total. The van der Waals surface area contributed by atoms with Gasteiger partial charge in [0.25, 0.3) is 5.78 Å². The van der Waals surface area contributed by atoms with E-state index in [1.807, 2.05) is 47.3 Å². The summed E-state index contributed by atoms with van der Waals surface area (Å²) in [5, 5.41) is 8.41. The molecule has 0 unspecified atom stereocenters. The lowest BCUT2D eigenvalue weighted by Gasteiger charge is -2.49. The van der Waals surface area contributed by atoms with Crippen molar-refractivity contribution in [1.82, 2.24) is 38.9 Å². The maximum atomic E-state index is 14.0. The first-order valence-corrected chi connectivity index (χ1v) is 14.5. The molecular weight excluding hydrogens is 536 g/mol. The molecule has 0 N–H and O–H groups in total. The molecule has 11 heteroatoms. The number of likely N-dealkylation sites (N-methyl/N-ethyl adjacent to an activating group) is 1. The summed E-state index contributed by atoms with van der Waals surface area (Å²) in [7, 11) is 4.01. The van der Waals surface area contributed by atoms with Crippen molar-refractivity contribution < 1.29 is 10.2 Å². The predicted octanol–water partition coefficient (Wildman–Crippen LogP) is 4.78. The maximum absolute atomic E-state index is 14.0. The molecule has 0 bridgehead atoms. The van der Waals surface area contributed by atoms with Crippen LogP contribution in [0, 0.1) is 11.6 Å². The fraction of sp³-hybridized carbons (Fsp3) is 0.419. The van der Waals surface area contributed by atoms with Crippen molar-refractivity contribution in [3.05, 3.63) is 83.9 Å². The molecular formula is C31H37F2N9. The molecule has 220 valence electrons. The third-order valence-electron chi connectivity index (χ3n) is 8.35. The molecule has 0 saturated carbocycles. The van der Waals surface area contributed by atoms with Gasteiger partial charge in [-0.25, -0.2) is 18.2 Å². The first-order valence-electron chi connectivity index (χ1n) is 15.0. The maximum Gasteiger partial charge on any atom is 0.258 e. The molecule has 6 rings (SSSR count). The number of hydrogen-bond donors (Lipinski definition) is 0. The molecule has 0 spiro atoms. The summed E-state index contributed by atoms with van der Waals surface area (Å²) in [4.78, 5) is 16.5. The molecule has 1 aliphatic heterocycles. The summed E-state index contributed by atoms with van der Waals surface area (Å²) >= 11 is 0. The monoisotopic (exact) mass is 574 g/mol. The highest BCUT2D eigenvalue weighted by Crippen LogP contribution is 2.37. The average Bonchev–Trinajstić information content (AvgIpc) is 3.60. The average molecular weight is 575 g/mol. The number of fused-ring (bicyclic) bond motifs is 3. The number of rotatable bonds is 9. The summed E-state index contributed by atoms with van der Waals surface area (Å²) < 4.78 is 40.4. The van der Waals surface area contributed by atoms with Crippen molar-refractivity contribution in [2.45, 2.75) is 51.4 Å².